The van der Waals surface area contributed by atoms with Gasteiger partial charge in [0.25, 0.3) is 5.91 Å². The number of carbonyl (C=O) groups excluding carboxylic acids is 1. The van der Waals surface area contributed by atoms with E-state index in [-0.39, 0.29) is 11.9 Å². The molecule has 1 atom stereocenters. The van der Waals surface area contributed by atoms with Gasteiger partial charge in [-0.2, -0.15) is 5.10 Å². The average molecular weight is 515 g/mol. The summed E-state index contributed by atoms with van der Waals surface area (Å²) < 4.78 is 1.74. The molecule has 0 saturated heterocycles. The van der Waals surface area contributed by atoms with E-state index in [0.717, 1.165) is 36.5 Å². The fourth-order valence-electron chi connectivity index (χ4n) is 4.44. The molecule has 0 aliphatic carbocycles. The smallest absolute Gasteiger partial charge is 0.251 e. The van der Waals surface area contributed by atoms with Gasteiger partial charge >= 0.3 is 0 Å². The quantitative estimate of drug-likeness (QED) is 0.296. The van der Waals surface area contributed by atoms with E-state index in [0.29, 0.717) is 35.8 Å². The van der Waals surface area contributed by atoms with Crippen LogP contribution in [-0.2, 0) is 0 Å². The summed E-state index contributed by atoms with van der Waals surface area (Å²) in [5.74, 6) is 0.516. The molecule has 200 valence electrons. The van der Waals surface area contributed by atoms with E-state index in [4.69, 9.17) is 9.97 Å². The molecule has 2 N–H and O–H groups in total. The highest BCUT2D eigenvalue weighted by molar-refractivity contribution is 5.96. The van der Waals surface area contributed by atoms with Crippen LogP contribution in [0.4, 0.5) is 5.82 Å². The van der Waals surface area contributed by atoms with Crippen LogP contribution in [0.25, 0.3) is 28.2 Å². The van der Waals surface area contributed by atoms with Crippen LogP contribution in [0.5, 0.6) is 0 Å². The molecular weight excluding hydrogens is 476 g/mol. The number of hydrogen-bond acceptors (Lipinski definition) is 7. The molecule has 1 amide bonds. The van der Waals surface area contributed by atoms with Crippen LogP contribution in [0.15, 0.2) is 60.9 Å². The molecule has 0 spiro atoms. The minimum atomic E-state index is -0.127. The first-order chi connectivity index (χ1) is 18.4. The molecule has 3 aromatic heterocycles. The van der Waals surface area contributed by atoms with Crippen LogP contribution >= 0.6 is 0 Å². The molecule has 0 aliphatic rings. The summed E-state index contributed by atoms with van der Waals surface area (Å²) >= 11 is 0. The molecule has 4 rings (SSSR count). The van der Waals surface area contributed by atoms with Crippen molar-refractivity contribution >= 4 is 17.4 Å². The van der Waals surface area contributed by atoms with Gasteiger partial charge in [0.1, 0.15) is 5.82 Å². The van der Waals surface area contributed by atoms with Gasteiger partial charge in [0, 0.05) is 43.0 Å². The highest BCUT2D eigenvalue weighted by Crippen LogP contribution is 2.27. The van der Waals surface area contributed by atoms with E-state index < -0.39 is 0 Å². The maximum absolute atomic E-state index is 13.3. The van der Waals surface area contributed by atoms with Gasteiger partial charge in [-0.15, -0.1) is 0 Å². The third-order valence-electron chi connectivity index (χ3n) is 6.66. The van der Waals surface area contributed by atoms with Crippen molar-refractivity contribution < 1.29 is 4.79 Å². The number of nitrogens with one attached hydrogen (secondary N) is 2. The Balaban J connectivity index is 1.67. The molecule has 4 aromatic rings. The maximum atomic E-state index is 13.3. The van der Waals surface area contributed by atoms with Gasteiger partial charge in [-0.1, -0.05) is 44.2 Å². The monoisotopic (exact) mass is 514 g/mol. The molecule has 9 heteroatoms. The highest BCUT2D eigenvalue weighted by Gasteiger charge is 2.17. The van der Waals surface area contributed by atoms with Crippen LogP contribution in [0.3, 0.4) is 0 Å². The molecular formula is C29H38N8O. The molecule has 38 heavy (non-hydrogen) atoms. The molecule has 3 heterocycles. The number of carbonyl (C=O) groups is 1. The summed E-state index contributed by atoms with van der Waals surface area (Å²) in [6.45, 7) is 10.4. The van der Waals surface area contributed by atoms with Gasteiger partial charge in [-0.05, 0) is 52.3 Å². The molecule has 0 aliphatic heterocycles. The minimum absolute atomic E-state index is 0.127. The third-order valence-corrected chi connectivity index (χ3v) is 6.66. The normalized spacial score (nSPS) is 12.3. The summed E-state index contributed by atoms with van der Waals surface area (Å²) in [7, 11) is 4.05. The van der Waals surface area contributed by atoms with Gasteiger partial charge in [-0.3, -0.25) is 9.69 Å². The fourth-order valence-corrected chi connectivity index (χ4v) is 4.44. The summed E-state index contributed by atoms with van der Waals surface area (Å²) in [4.78, 5) is 27.4. The first-order valence-electron chi connectivity index (χ1n) is 13.2. The lowest BCUT2D eigenvalue weighted by Crippen LogP contribution is -2.42. The Kier molecular flexibility index (Phi) is 9.04. The van der Waals surface area contributed by atoms with E-state index in [1.807, 2.05) is 68.8 Å². The van der Waals surface area contributed by atoms with Gasteiger partial charge in [-0.25, -0.2) is 14.5 Å². The lowest BCUT2D eigenvalue weighted by atomic mass is 10.1. The summed E-state index contributed by atoms with van der Waals surface area (Å²) in [6.07, 6.45) is 3.66. The first-order valence-corrected chi connectivity index (χ1v) is 13.2. The summed E-state index contributed by atoms with van der Waals surface area (Å²) in [5, 5.41) is 11.0. The van der Waals surface area contributed by atoms with Crippen molar-refractivity contribution in [2.75, 3.05) is 52.1 Å². The van der Waals surface area contributed by atoms with E-state index >= 15 is 0 Å². The van der Waals surface area contributed by atoms with Crippen molar-refractivity contribution in [2.24, 2.45) is 0 Å². The Morgan fingerprint density at radius 3 is 2.50 bits per heavy atom. The molecule has 1 aromatic carbocycles. The van der Waals surface area contributed by atoms with Crippen LogP contribution in [0.1, 0.15) is 31.1 Å². The van der Waals surface area contributed by atoms with Crippen LogP contribution in [-0.4, -0.2) is 88.2 Å². The SMILES string of the molecule is CCN(CC)C(C)CNC(=O)c1cc(NCCN(C)C)nc(-c2cnn3ccc(-c4ccccc4)nc23)c1. The molecule has 0 radical (unpaired) electrons. The topological polar surface area (TPSA) is 90.7 Å². The second-order valence-electron chi connectivity index (χ2n) is 9.64. The minimum Gasteiger partial charge on any atom is -0.369 e. The Hall–Kier alpha value is -3.82. The number of aromatic nitrogens is 4. The van der Waals surface area contributed by atoms with E-state index in [2.05, 4.69) is 46.3 Å². The zero-order valence-corrected chi connectivity index (χ0v) is 23.0. The van der Waals surface area contributed by atoms with E-state index in [9.17, 15) is 4.79 Å². The van der Waals surface area contributed by atoms with Crippen molar-refractivity contribution in [1.82, 2.24) is 34.7 Å². The largest absolute Gasteiger partial charge is 0.369 e. The Morgan fingerprint density at radius 2 is 1.79 bits per heavy atom. The fraction of sp³-hybridized carbons (Fsp3) is 0.379. The van der Waals surface area contributed by atoms with Crippen molar-refractivity contribution in [3.63, 3.8) is 0 Å². The first kappa shape index (κ1) is 27.2. The third kappa shape index (κ3) is 6.54. The van der Waals surface area contributed by atoms with Crippen molar-refractivity contribution in [3.8, 4) is 22.5 Å². The summed E-state index contributed by atoms with van der Waals surface area (Å²) in [5.41, 5.74) is 4.53. The number of hydrogen-bond donors (Lipinski definition) is 2. The number of rotatable bonds is 12. The van der Waals surface area contributed by atoms with E-state index in [1.54, 1.807) is 10.7 Å². The van der Waals surface area contributed by atoms with Gasteiger partial charge in [0.2, 0.25) is 0 Å². The Labute approximate surface area is 224 Å². The van der Waals surface area contributed by atoms with Crippen molar-refractivity contribution in [3.05, 3.63) is 66.5 Å². The zero-order chi connectivity index (χ0) is 27.1. The molecule has 0 fully saturated rings. The number of fused-ring (bicyclic) bond motifs is 1. The molecule has 1 unspecified atom stereocenters. The number of likely N-dealkylation sites (N-methyl/N-ethyl adjacent to an activating group) is 2. The number of amides is 1. The van der Waals surface area contributed by atoms with Gasteiger partial charge < -0.3 is 15.5 Å². The standard InChI is InChI=1S/C29H38N8O/c1-6-36(7-2)21(3)19-31-29(38)23-17-26(33-27(18-23)30-14-16-35(4)5)24-20-32-37-15-13-25(34-28(24)37)22-11-9-8-10-12-22/h8-13,15,17-18,20-21H,6-7,14,16,19H2,1-5H3,(H,30,33)(H,31,38). The lowest BCUT2D eigenvalue weighted by Gasteiger charge is -2.26. The van der Waals surface area contributed by atoms with Crippen LogP contribution < -0.4 is 10.6 Å². The Bertz CT molecular complexity index is 1350. The second-order valence-corrected chi connectivity index (χ2v) is 9.64. The lowest BCUT2D eigenvalue weighted by molar-refractivity contribution is 0.0938. The highest BCUT2D eigenvalue weighted by atomic mass is 16.1. The molecule has 0 bridgehead atoms. The maximum Gasteiger partial charge on any atom is 0.251 e. The number of pyridine rings is 1. The van der Waals surface area contributed by atoms with E-state index in [1.165, 1.54) is 0 Å². The number of anilines is 1. The predicted octanol–water partition coefficient (Wildman–Crippen LogP) is 3.89. The second kappa shape index (κ2) is 12.6. The molecule has 0 saturated carbocycles. The Morgan fingerprint density at radius 1 is 1.03 bits per heavy atom. The van der Waals surface area contributed by atoms with Gasteiger partial charge in [0.05, 0.1) is 23.1 Å². The molecule has 9 nitrogen and oxygen atoms in total. The summed E-state index contributed by atoms with van der Waals surface area (Å²) in [6, 6.07) is 15.9. The predicted molar refractivity (Wildman–Crippen MR) is 153 cm³/mol. The average Bonchev–Trinajstić information content (AvgIpc) is 3.36. The van der Waals surface area contributed by atoms with Crippen LogP contribution in [0, 0.1) is 0 Å². The number of nitrogens with zero attached hydrogens (tertiary/aromatic N) is 6. The number of benzene rings is 1. The zero-order valence-electron chi connectivity index (χ0n) is 23.0. The van der Waals surface area contributed by atoms with Crippen LogP contribution in [0.2, 0.25) is 0 Å². The van der Waals surface area contributed by atoms with Crippen molar-refractivity contribution in [1.29, 1.82) is 0 Å². The van der Waals surface area contributed by atoms with Gasteiger partial charge in [0.15, 0.2) is 5.65 Å². The van der Waals surface area contributed by atoms with Crippen molar-refractivity contribution in [2.45, 2.75) is 26.8 Å².